The van der Waals surface area contributed by atoms with E-state index in [1.807, 2.05) is 19.1 Å². The van der Waals surface area contributed by atoms with Gasteiger partial charge < -0.3 is 9.64 Å². The number of anilines is 1. The van der Waals surface area contributed by atoms with Crippen molar-refractivity contribution in [3.8, 4) is 0 Å². The standard InChI is InChI=1S/C34H31F2NO4/c1-4-30(38)19-7-23(3)32-31(33(39)37(32)29-17-15-28(36)16-18-29)20-12-26(24-10-13-27(35)14-11-24)21-41-34(40)25-8-5-22(2)6-9-25/h5-19,31-32H,3-4,20-21H2,1-2H3/b19-7-,26-12?. The lowest BCUT2D eigenvalue weighted by molar-refractivity contribution is -0.129. The highest BCUT2D eigenvalue weighted by Crippen LogP contribution is 2.39. The summed E-state index contributed by atoms with van der Waals surface area (Å²) in [6.07, 6.45) is 5.46. The van der Waals surface area contributed by atoms with Crippen molar-refractivity contribution in [1.29, 1.82) is 0 Å². The van der Waals surface area contributed by atoms with Crippen molar-refractivity contribution in [2.24, 2.45) is 5.92 Å². The first-order chi connectivity index (χ1) is 19.7. The first kappa shape index (κ1) is 29.3. The lowest BCUT2D eigenvalue weighted by atomic mass is 9.79. The number of carbonyl (C=O) groups is 3. The number of ketones is 1. The molecule has 2 unspecified atom stereocenters. The van der Waals surface area contributed by atoms with Crippen molar-refractivity contribution in [2.45, 2.75) is 32.7 Å². The van der Waals surface area contributed by atoms with Gasteiger partial charge in [-0.05, 0) is 84.7 Å². The minimum Gasteiger partial charge on any atom is -0.457 e. The number of carbonyl (C=O) groups excluding carboxylic acids is 3. The molecular weight excluding hydrogens is 524 g/mol. The van der Waals surface area contributed by atoms with Gasteiger partial charge in [-0.3, -0.25) is 9.59 Å². The molecule has 41 heavy (non-hydrogen) atoms. The van der Waals surface area contributed by atoms with Crippen LogP contribution in [-0.4, -0.2) is 30.3 Å². The zero-order valence-corrected chi connectivity index (χ0v) is 23.0. The summed E-state index contributed by atoms with van der Waals surface area (Å²) in [5.41, 5.74) is 3.75. The summed E-state index contributed by atoms with van der Waals surface area (Å²) in [5, 5.41) is 0. The van der Waals surface area contributed by atoms with Crippen LogP contribution in [0.15, 0.2) is 103 Å². The molecule has 210 valence electrons. The van der Waals surface area contributed by atoms with Crippen LogP contribution in [0.25, 0.3) is 5.57 Å². The summed E-state index contributed by atoms with van der Waals surface area (Å²) < 4.78 is 32.8. The number of hydrogen-bond acceptors (Lipinski definition) is 4. The van der Waals surface area contributed by atoms with Crippen LogP contribution < -0.4 is 4.90 Å². The normalized spacial score (nSPS) is 16.9. The first-order valence-corrected chi connectivity index (χ1v) is 13.3. The highest BCUT2D eigenvalue weighted by Gasteiger charge is 2.48. The van der Waals surface area contributed by atoms with Gasteiger partial charge in [0, 0.05) is 12.1 Å². The van der Waals surface area contributed by atoms with Crippen LogP contribution in [0.5, 0.6) is 0 Å². The Kier molecular flexibility index (Phi) is 9.40. The monoisotopic (exact) mass is 555 g/mol. The molecule has 0 bridgehead atoms. The summed E-state index contributed by atoms with van der Waals surface area (Å²) in [4.78, 5) is 39.5. The van der Waals surface area contributed by atoms with E-state index in [9.17, 15) is 23.2 Å². The average Bonchev–Trinajstić information content (AvgIpc) is 2.97. The van der Waals surface area contributed by atoms with E-state index in [0.29, 0.717) is 34.4 Å². The van der Waals surface area contributed by atoms with Crippen LogP contribution in [0, 0.1) is 24.5 Å². The number of hydrogen-bond donors (Lipinski definition) is 0. The van der Waals surface area contributed by atoms with Crippen molar-refractivity contribution in [3.05, 3.63) is 132 Å². The largest absolute Gasteiger partial charge is 0.457 e. The number of rotatable bonds is 11. The van der Waals surface area contributed by atoms with Gasteiger partial charge in [0.1, 0.15) is 18.2 Å². The fraction of sp³-hybridized carbons (Fsp3) is 0.206. The van der Waals surface area contributed by atoms with E-state index in [2.05, 4.69) is 6.58 Å². The maximum Gasteiger partial charge on any atom is 0.338 e. The van der Waals surface area contributed by atoms with E-state index >= 15 is 0 Å². The molecule has 0 spiro atoms. The van der Waals surface area contributed by atoms with E-state index in [4.69, 9.17) is 4.74 Å². The summed E-state index contributed by atoms with van der Waals surface area (Å²) in [7, 11) is 0. The third-order valence-corrected chi connectivity index (χ3v) is 7.01. The molecule has 1 amide bonds. The third-order valence-electron chi connectivity index (χ3n) is 7.01. The topological polar surface area (TPSA) is 63.7 Å². The lowest BCUT2D eigenvalue weighted by Gasteiger charge is -2.47. The molecule has 1 fully saturated rings. The van der Waals surface area contributed by atoms with Crippen LogP contribution in [0.2, 0.25) is 0 Å². The van der Waals surface area contributed by atoms with E-state index in [1.54, 1.807) is 43.3 Å². The number of nitrogens with zero attached hydrogens (tertiary/aromatic N) is 1. The Bertz CT molecular complexity index is 1490. The van der Waals surface area contributed by atoms with E-state index < -0.39 is 29.6 Å². The van der Waals surface area contributed by atoms with Crippen LogP contribution >= 0.6 is 0 Å². The quantitative estimate of drug-likeness (QED) is 0.110. The Morgan fingerprint density at radius 1 is 0.902 bits per heavy atom. The predicted octanol–water partition coefficient (Wildman–Crippen LogP) is 7.03. The smallest absolute Gasteiger partial charge is 0.338 e. The van der Waals surface area contributed by atoms with Crippen LogP contribution in [0.3, 0.4) is 0 Å². The molecule has 4 rings (SSSR count). The fourth-order valence-corrected chi connectivity index (χ4v) is 4.62. The van der Waals surface area contributed by atoms with Crippen molar-refractivity contribution in [1.82, 2.24) is 0 Å². The van der Waals surface area contributed by atoms with Crippen LogP contribution in [0.4, 0.5) is 14.5 Å². The van der Waals surface area contributed by atoms with Crippen LogP contribution in [0.1, 0.15) is 41.3 Å². The van der Waals surface area contributed by atoms with Gasteiger partial charge in [0.2, 0.25) is 5.91 Å². The summed E-state index contributed by atoms with van der Waals surface area (Å²) in [5.74, 6) is -2.12. The maximum absolute atomic E-state index is 13.7. The summed E-state index contributed by atoms with van der Waals surface area (Å²) in [6, 6.07) is 17.9. The molecule has 1 saturated heterocycles. The minimum absolute atomic E-state index is 0.0735. The second kappa shape index (κ2) is 13.1. The Balaban J connectivity index is 1.59. The Morgan fingerprint density at radius 3 is 2.10 bits per heavy atom. The van der Waals surface area contributed by atoms with Gasteiger partial charge in [-0.25, -0.2) is 13.6 Å². The zero-order chi connectivity index (χ0) is 29.5. The number of halogens is 2. The number of benzene rings is 3. The SMILES string of the molecule is C=C(/C=C\C(=O)CC)C1C(CC=C(COC(=O)c2ccc(C)cc2)c2ccc(F)cc2)C(=O)N1c1ccc(F)cc1. The molecule has 2 atom stereocenters. The fourth-order valence-electron chi connectivity index (χ4n) is 4.62. The summed E-state index contributed by atoms with van der Waals surface area (Å²) >= 11 is 0. The predicted molar refractivity (Wildman–Crippen MR) is 155 cm³/mol. The molecule has 1 aliphatic heterocycles. The second-order valence-electron chi connectivity index (χ2n) is 9.88. The molecule has 0 aliphatic carbocycles. The minimum atomic E-state index is -0.530. The number of ether oxygens (including phenoxy) is 1. The van der Waals surface area contributed by atoms with Gasteiger partial charge in [0.25, 0.3) is 0 Å². The number of amides is 1. The number of β-lactam (4-membered cyclic amide) rings is 1. The van der Waals surface area contributed by atoms with E-state index in [-0.39, 0.29) is 24.7 Å². The zero-order valence-electron chi connectivity index (χ0n) is 23.0. The van der Waals surface area contributed by atoms with Crippen LogP contribution in [-0.2, 0) is 14.3 Å². The highest BCUT2D eigenvalue weighted by atomic mass is 19.1. The van der Waals surface area contributed by atoms with Gasteiger partial charge in [0.05, 0.1) is 17.5 Å². The van der Waals surface area contributed by atoms with Crippen molar-refractivity contribution >= 4 is 28.9 Å². The van der Waals surface area contributed by atoms with Crippen molar-refractivity contribution in [2.75, 3.05) is 11.5 Å². The highest BCUT2D eigenvalue weighted by molar-refractivity contribution is 6.04. The van der Waals surface area contributed by atoms with Crippen molar-refractivity contribution < 1.29 is 27.9 Å². The third kappa shape index (κ3) is 7.11. The molecule has 1 aliphatic rings. The molecule has 0 N–H and O–H groups in total. The number of esters is 1. The van der Waals surface area contributed by atoms with Gasteiger partial charge >= 0.3 is 5.97 Å². The molecule has 3 aromatic carbocycles. The lowest BCUT2D eigenvalue weighted by Crippen LogP contribution is -2.61. The van der Waals surface area contributed by atoms with E-state index in [0.717, 1.165) is 5.56 Å². The molecular formula is C34H31F2NO4. The molecule has 0 aromatic heterocycles. The number of allylic oxidation sites excluding steroid dienone is 2. The molecule has 3 aromatic rings. The maximum atomic E-state index is 13.7. The molecule has 5 nitrogen and oxygen atoms in total. The van der Waals surface area contributed by atoms with Gasteiger partial charge in [-0.1, -0.05) is 55.5 Å². The number of aryl methyl sites for hydroxylation is 1. The average molecular weight is 556 g/mol. The van der Waals surface area contributed by atoms with E-state index in [1.165, 1.54) is 47.4 Å². The van der Waals surface area contributed by atoms with Gasteiger partial charge in [-0.15, -0.1) is 0 Å². The summed E-state index contributed by atoms with van der Waals surface area (Å²) in [6.45, 7) is 7.70. The molecule has 7 heteroatoms. The van der Waals surface area contributed by atoms with Crippen molar-refractivity contribution in [3.63, 3.8) is 0 Å². The second-order valence-corrected chi connectivity index (χ2v) is 9.88. The molecule has 0 radical (unpaired) electrons. The Labute approximate surface area is 238 Å². The molecule has 1 heterocycles. The van der Waals surface area contributed by atoms with Gasteiger partial charge in [0.15, 0.2) is 5.78 Å². The Hall–Kier alpha value is -4.65. The molecule has 0 saturated carbocycles. The first-order valence-electron chi connectivity index (χ1n) is 13.3. The van der Waals surface area contributed by atoms with Gasteiger partial charge in [-0.2, -0.15) is 0 Å². The Morgan fingerprint density at radius 2 is 1.49 bits per heavy atom.